The van der Waals surface area contributed by atoms with E-state index in [4.69, 9.17) is 0 Å². The Morgan fingerprint density at radius 1 is 1.19 bits per heavy atom. The number of nitrogens with zero attached hydrogens (tertiary/aromatic N) is 4. The summed E-state index contributed by atoms with van der Waals surface area (Å²) >= 11 is 3.28. The number of carbonyl (C=O) groups is 1. The van der Waals surface area contributed by atoms with Gasteiger partial charge >= 0.3 is 0 Å². The number of rotatable bonds is 3. The number of amides is 1. The average molecular weight is 493 g/mol. The van der Waals surface area contributed by atoms with E-state index in [9.17, 15) is 9.18 Å². The summed E-state index contributed by atoms with van der Waals surface area (Å²) in [6.07, 6.45) is 1.50. The molecule has 1 aliphatic rings. The van der Waals surface area contributed by atoms with E-state index in [2.05, 4.69) is 45.1 Å². The summed E-state index contributed by atoms with van der Waals surface area (Å²) in [5, 5.41) is 4.58. The Hall–Kier alpha value is -3.06. The van der Waals surface area contributed by atoms with Gasteiger partial charge in [0.05, 0.1) is 11.7 Å². The molecule has 1 atom stereocenters. The summed E-state index contributed by atoms with van der Waals surface area (Å²) in [4.78, 5) is 20.0. The summed E-state index contributed by atoms with van der Waals surface area (Å²) in [6, 6.07) is 16.7. The van der Waals surface area contributed by atoms with Crippen LogP contribution in [-0.2, 0) is 12.8 Å². The highest BCUT2D eigenvalue weighted by Crippen LogP contribution is 2.31. The van der Waals surface area contributed by atoms with Crippen molar-refractivity contribution in [1.29, 1.82) is 0 Å². The molecule has 32 heavy (non-hydrogen) atoms. The van der Waals surface area contributed by atoms with E-state index in [0.29, 0.717) is 40.0 Å². The minimum absolute atomic E-state index is 0.0205. The third kappa shape index (κ3) is 3.50. The first kappa shape index (κ1) is 20.8. The van der Waals surface area contributed by atoms with Crippen molar-refractivity contribution in [2.75, 3.05) is 6.54 Å². The van der Waals surface area contributed by atoms with Gasteiger partial charge in [-0.15, -0.1) is 0 Å². The molecule has 5 rings (SSSR count). The first-order valence-corrected chi connectivity index (χ1v) is 11.5. The number of hydrogen-bond donors (Lipinski definition) is 0. The van der Waals surface area contributed by atoms with Crippen LogP contribution in [0.5, 0.6) is 0 Å². The lowest BCUT2D eigenvalue weighted by molar-refractivity contribution is 0.0671. The second-order valence-corrected chi connectivity index (χ2v) is 8.95. The van der Waals surface area contributed by atoms with Crippen LogP contribution in [0.25, 0.3) is 16.9 Å². The van der Waals surface area contributed by atoms with Crippen LogP contribution in [-0.4, -0.2) is 31.9 Å². The average Bonchev–Trinajstić information content (AvgIpc) is 3.22. The molecule has 0 bridgehead atoms. The smallest absolute Gasteiger partial charge is 0.273 e. The monoisotopic (exact) mass is 492 g/mol. The summed E-state index contributed by atoms with van der Waals surface area (Å²) in [7, 11) is 0. The van der Waals surface area contributed by atoms with Crippen molar-refractivity contribution in [3.63, 3.8) is 0 Å². The molecule has 1 unspecified atom stereocenters. The fourth-order valence-corrected chi connectivity index (χ4v) is 4.76. The first-order chi connectivity index (χ1) is 15.5. The molecule has 1 amide bonds. The zero-order valence-electron chi connectivity index (χ0n) is 17.8. The van der Waals surface area contributed by atoms with Crippen molar-refractivity contribution in [3.8, 4) is 11.3 Å². The Kier molecular flexibility index (Phi) is 5.29. The van der Waals surface area contributed by atoms with E-state index < -0.39 is 0 Å². The van der Waals surface area contributed by atoms with Crippen LogP contribution in [0, 0.1) is 5.82 Å². The number of aryl methyl sites for hydroxylation is 1. The SMILES string of the molecule is CCc1cc(C(=O)N2CCc3ccccc3C2C)nc2cc(-c3ccc(Br)cc3F)nn12. The van der Waals surface area contributed by atoms with Gasteiger partial charge in [0.25, 0.3) is 5.91 Å². The van der Waals surface area contributed by atoms with Crippen molar-refractivity contribution in [2.45, 2.75) is 32.7 Å². The Morgan fingerprint density at radius 3 is 2.78 bits per heavy atom. The summed E-state index contributed by atoms with van der Waals surface area (Å²) < 4.78 is 16.9. The van der Waals surface area contributed by atoms with Crippen LogP contribution in [0.4, 0.5) is 4.39 Å². The highest BCUT2D eigenvalue weighted by atomic mass is 79.9. The number of fused-ring (bicyclic) bond motifs is 2. The van der Waals surface area contributed by atoms with Crippen molar-refractivity contribution >= 4 is 27.5 Å². The lowest BCUT2D eigenvalue weighted by atomic mass is 9.93. The number of carbonyl (C=O) groups excluding carboxylic acids is 1. The van der Waals surface area contributed by atoms with Crippen LogP contribution in [0.15, 0.2) is 59.1 Å². The van der Waals surface area contributed by atoms with Gasteiger partial charge in [-0.25, -0.2) is 13.9 Å². The molecular weight excluding hydrogens is 471 g/mol. The van der Waals surface area contributed by atoms with Gasteiger partial charge < -0.3 is 4.90 Å². The maximum atomic E-state index is 14.5. The minimum atomic E-state index is -0.363. The van der Waals surface area contributed by atoms with Gasteiger partial charge in [0.15, 0.2) is 5.65 Å². The predicted molar refractivity (Wildman–Crippen MR) is 125 cm³/mol. The fourth-order valence-electron chi connectivity index (χ4n) is 4.42. The topological polar surface area (TPSA) is 50.5 Å². The largest absolute Gasteiger partial charge is 0.330 e. The second-order valence-electron chi connectivity index (χ2n) is 8.03. The standard InChI is InChI=1S/C25H22BrFN4O/c1-3-18-13-23(25(32)30-11-10-16-6-4-5-7-19(16)15(30)2)28-24-14-22(29-31(18)24)20-9-8-17(26)12-21(20)27/h4-9,12-15H,3,10-11H2,1-2H3. The highest BCUT2D eigenvalue weighted by Gasteiger charge is 2.29. The van der Waals surface area contributed by atoms with Gasteiger partial charge in [-0.2, -0.15) is 5.10 Å². The first-order valence-electron chi connectivity index (χ1n) is 10.7. The van der Waals surface area contributed by atoms with Gasteiger partial charge in [0.1, 0.15) is 11.5 Å². The van der Waals surface area contributed by atoms with Gasteiger partial charge in [-0.1, -0.05) is 47.1 Å². The summed E-state index contributed by atoms with van der Waals surface area (Å²) in [5.74, 6) is -0.459. The molecule has 0 N–H and O–H groups in total. The molecule has 5 nitrogen and oxygen atoms in total. The van der Waals surface area contributed by atoms with Crippen molar-refractivity contribution in [2.24, 2.45) is 0 Å². The third-order valence-electron chi connectivity index (χ3n) is 6.14. The number of aromatic nitrogens is 3. The summed E-state index contributed by atoms with van der Waals surface area (Å²) in [6.45, 7) is 4.71. The number of halogens is 2. The Balaban J connectivity index is 1.54. The van der Waals surface area contributed by atoms with Crippen LogP contribution in [0.2, 0.25) is 0 Å². The molecule has 0 aliphatic carbocycles. The molecule has 162 valence electrons. The lowest BCUT2D eigenvalue weighted by Crippen LogP contribution is -2.39. The van der Waals surface area contributed by atoms with Gasteiger partial charge in [0, 0.05) is 28.3 Å². The number of benzene rings is 2. The maximum absolute atomic E-state index is 14.5. The van der Waals surface area contributed by atoms with E-state index in [-0.39, 0.29) is 17.8 Å². The fraction of sp³-hybridized carbons (Fsp3) is 0.240. The molecule has 0 spiro atoms. The normalized spacial score (nSPS) is 15.8. The van der Waals surface area contributed by atoms with Crippen LogP contribution >= 0.6 is 15.9 Å². The molecule has 0 radical (unpaired) electrons. The number of hydrogen-bond acceptors (Lipinski definition) is 3. The van der Waals surface area contributed by atoms with Gasteiger partial charge in [-0.05, 0) is 55.2 Å². The van der Waals surface area contributed by atoms with Crippen molar-refractivity contribution < 1.29 is 9.18 Å². The van der Waals surface area contributed by atoms with Crippen LogP contribution < -0.4 is 0 Å². The zero-order chi connectivity index (χ0) is 22.4. The van der Waals surface area contributed by atoms with Gasteiger partial charge in [-0.3, -0.25) is 4.79 Å². The molecule has 4 aromatic rings. The highest BCUT2D eigenvalue weighted by molar-refractivity contribution is 9.10. The Bertz CT molecular complexity index is 1350. The third-order valence-corrected chi connectivity index (χ3v) is 6.64. The van der Waals surface area contributed by atoms with Crippen molar-refractivity contribution in [1.82, 2.24) is 19.5 Å². The molecular formula is C25H22BrFN4O. The van der Waals surface area contributed by atoms with Crippen LogP contribution in [0.1, 0.15) is 47.2 Å². The molecule has 2 aromatic heterocycles. The Morgan fingerprint density at radius 2 is 2.00 bits per heavy atom. The zero-order valence-corrected chi connectivity index (χ0v) is 19.4. The summed E-state index contributed by atoms with van der Waals surface area (Å²) in [5.41, 5.74) is 5.14. The molecule has 1 aliphatic heterocycles. The van der Waals surface area contributed by atoms with Gasteiger partial charge in [0.2, 0.25) is 0 Å². The van der Waals surface area contributed by atoms with E-state index in [1.54, 1.807) is 28.8 Å². The van der Waals surface area contributed by atoms with Crippen LogP contribution in [0.3, 0.4) is 0 Å². The van der Waals surface area contributed by atoms with E-state index in [0.717, 1.165) is 12.1 Å². The lowest BCUT2D eigenvalue weighted by Gasteiger charge is -2.35. The molecule has 0 fully saturated rings. The quantitative estimate of drug-likeness (QED) is 0.372. The molecule has 3 heterocycles. The molecule has 7 heteroatoms. The molecule has 0 saturated carbocycles. The second kappa shape index (κ2) is 8.13. The maximum Gasteiger partial charge on any atom is 0.273 e. The van der Waals surface area contributed by atoms with E-state index in [1.807, 2.05) is 24.0 Å². The predicted octanol–water partition coefficient (Wildman–Crippen LogP) is 5.62. The Labute approximate surface area is 194 Å². The van der Waals surface area contributed by atoms with Crippen molar-refractivity contribution in [3.05, 3.63) is 87.4 Å². The molecule has 0 saturated heterocycles. The van der Waals surface area contributed by atoms with E-state index in [1.165, 1.54) is 17.2 Å². The van der Waals surface area contributed by atoms with E-state index >= 15 is 0 Å². The minimum Gasteiger partial charge on any atom is -0.330 e. The molecule has 2 aromatic carbocycles.